The molecule has 2 aliphatic heterocycles. The quantitative estimate of drug-likeness (QED) is 0.854. The predicted molar refractivity (Wildman–Crippen MR) is 90.8 cm³/mol. The number of benzene rings is 2. The van der Waals surface area contributed by atoms with Gasteiger partial charge in [-0.25, -0.2) is 0 Å². The lowest BCUT2D eigenvalue weighted by atomic mass is 9.93. The summed E-state index contributed by atoms with van der Waals surface area (Å²) in [6.45, 7) is 3.20. The van der Waals surface area contributed by atoms with Crippen molar-refractivity contribution in [2.24, 2.45) is 0 Å². The Balaban J connectivity index is 1.60. The third-order valence-corrected chi connectivity index (χ3v) is 5.01. The summed E-state index contributed by atoms with van der Waals surface area (Å²) in [6, 6.07) is 15.8. The molecule has 4 heteroatoms. The molecule has 0 unspecified atom stereocenters. The Bertz CT molecular complexity index is 806. The molecule has 24 heavy (non-hydrogen) atoms. The average molecular weight is 321 g/mol. The van der Waals surface area contributed by atoms with Crippen molar-refractivity contribution in [3.8, 4) is 11.1 Å². The van der Waals surface area contributed by atoms with Crippen LogP contribution in [0.15, 0.2) is 48.5 Å². The first-order chi connectivity index (χ1) is 11.6. The molecule has 2 fully saturated rings. The SMILES string of the molecule is Cc1ccccc1-c1ccc(C(=O)N2CC(=O)CC23COC3)cc1. The van der Waals surface area contributed by atoms with Crippen LogP contribution in [0.25, 0.3) is 11.1 Å². The Labute approximate surface area is 141 Å². The van der Waals surface area contributed by atoms with Crippen LogP contribution < -0.4 is 0 Å². The third-order valence-electron chi connectivity index (χ3n) is 5.01. The molecule has 2 saturated heterocycles. The maximum absolute atomic E-state index is 12.8. The monoisotopic (exact) mass is 321 g/mol. The van der Waals surface area contributed by atoms with E-state index in [1.165, 1.54) is 5.56 Å². The van der Waals surface area contributed by atoms with E-state index < -0.39 is 5.54 Å². The van der Waals surface area contributed by atoms with E-state index >= 15 is 0 Å². The van der Waals surface area contributed by atoms with Gasteiger partial charge < -0.3 is 9.64 Å². The lowest BCUT2D eigenvalue weighted by Gasteiger charge is -2.44. The second-order valence-corrected chi connectivity index (χ2v) is 6.72. The molecule has 0 radical (unpaired) electrons. The van der Waals surface area contributed by atoms with Gasteiger partial charge >= 0.3 is 0 Å². The molecule has 2 aromatic rings. The molecular formula is C20H19NO3. The molecule has 0 bridgehead atoms. The minimum absolute atomic E-state index is 0.0829. The highest BCUT2D eigenvalue weighted by atomic mass is 16.5. The Hall–Kier alpha value is -2.46. The Kier molecular flexibility index (Phi) is 3.50. The van der Waals surface area contributed by atoms with Gasteiger partial charge in [-0.05, 0) is 35.7 Å². The maximum Gasteiger partial charge on any atom is 0.254 e. The zero-order valence-electron chi connectivity index (χ0n) is 13.6. The standard InChI is InChI=1S/C20H19NO3/c1-14-4-2-3-5-18(14)15-6-8-16(9-7-15)19(23)21-11-17(22)10-20(21)12-24-13-20/h2-9H,10-13H2,1H3. The number of hydrogen-bond acceptors (Lipinski definition) is 3. The third kappa shape index (κ3) is 2.34. The van der Waals surface area contributed by atoms with E-state index in [1.807, 2.05) is 36.4 Å². The van der Waals surface area contributed by atoms with Crippen LogP contribution in [-0.4, -0.2) is 41.9 Å². The minimum atomic E-state index is -0.400. The lowest BCUT2D eigenvalue weighted by molar-refractivity contribution is -0.121. The van der Waals surface area contributed by atoms with Crippen molar-refractivity contribution in [3.63, 3.8) is 0 Å². The van der Waals surface area contributed by atoms with Crippen molar-refractivity contribution in [3.05, 3.63) is 59.7 Å². The van der Waals surface area contributed by atoms with Gasteiger partial charge in [-0.2, -0.15) is 0 Å². The molecule has 0 saturated carbocycles. The Morgan fingerprint density at radius 1 is 1.08 bits per heavy atom. The summed E-state index contributed by atoms with van der Waals surface area (Å²) in [5.74, 6) is 0.0312. The van der Waals surface area contributed by atoms with E-state index in [4.69, 9.17) is 4.74 Å². The first-order valence-corrected chi connectivity index (χ1v) is 8.17. The molecular weight excluding hydrogens is 302 g/mol. The van der Waals surface area contributed by atoms with Crippen LogP contribution in [0.5, 0.6) is 0 Å². The molecule has 1 amide bonds. The number of Topliss-reactive ketones (excluding diaryl/α,β-unsaturated/α-hetero) is 1. The molecule has 4 rings (SSSR count). The number of amides is 1. The Morgan fingerprint density at radius 3 is 2.42 bits per heavy atom. The van der Waals surface area contributed by atoms with Gasteiger partial charge in [0.2, 0.25) is 0 Å². The zero-order chi connectivity index (χ0) is 16.7. The number of rotatable bonds is 2. The second kappa shape index (κ2) is 5.56. The number of hydrogen-bond donors (Lipinski definition) is 0. The van der Waals surface area contributed by atoms with Crippen molar-refractivity contribution in [2.45, 2.75) is 18.9 Å². The van der Waals surface area contributed by atoms with Gasteiger partial charge in [0.15, 0.2) is 5.78 Å². The van der Waals surface area contributed by atoms with Crippen LogP contribution in [0.3, 0.4) is 0 Å². The summed E-state index contributed by atoms with van der Waals surface area (Å²) in [7, 11) is 0. The van der Waals surface area contributed by atoms with Crippen molar-refractivity contribution < 1.29 is 14.3 Å². The van der Waals surface area contributed by atoms with Crippen LogP contribution in [0.1, 0.15) is 22.3 Å². The van der Waals surface area contributed by atoms with Gasteiger partial charge in [0, 0.05) is 12.0 Å². The summed E-state index contributed by atoms with van der Waals surface area (Å²) in [6.07, 6.45) is 0.417. The normalized spacial score (nSPS) is 18.7. The van der Waals surface area contributed by atoms with E-state index in [1.54, 1.807) is 4.90 Å². The number of carbonyl (C=O) groups is 2. The van der Waals surface area contributed by atoms with Crippen molar-refractivity contribution in [1.82, 2.24) is 4.90 Å². The van der Waals surface area contributed by atoms with Crippen molar-refractivity contribution in [2.75, 3.05) is 19.8 Å². The summed E-state index contributed by atoms with van der Waals surface area (Å²) in [4.78, 5) is 26.4. The molecule has 2 heterocycles. The number of ketones is 1. The highest BCUT2D eigenvalue weighted by molar-refractivity contribution is 6.00. The van der Waals surface area contributed by atoms with E-state index in [0.29, 0.717) is 25.2 Å². The molecule has 4 nitrogen and oxygen atoms in total. The number of nitrogens with zero attached hydrogens (tertiary/aromatic N) is 1. The average Bonchev–Trinajstić information content (AvgIpc) is 2.93. The topological polar surface area (TPSA) is 46.6 Å². The molecule has 0 N–H and O–H groups in total. The van der Waals surface area contributed by atoms with Gasteiger partial charge in [0.25, 0.3) is 5.91 Å². The first-order valence-electron chi connectivity index (χ1n) is 8.17. The van der Waals surface area contributed by atoms with Crippen LogP contribution in [0.4, 0.5) is 0 Å². The van der Waals surface area contributed by atoms with Crippen LogP contribution in [0.2, 0.25) is 0 Å². The van der Waals surface area contributed by atoms with E-state index in [-0.39, 0.29) is 18.2 Å². The van der Waals surface area contributed by atoms with Gasteiger partial charge in [0.1, 0.15) is 0 Å². The summed E-state index contributed by atoms with van der Waals surface area (Å²) in [5.41, 5.74) is 3.67. The molecule has 0 atom stereocenters. The molecule has 0 aliphatic carbocycles. The fourth-order valence-corrected chi connectivity index (χ4v) is 3.59. The second-order valence-electron chi connectivity index (χ2n) is 6.72. The highest BCUT2D eigenvalue weighted by Crippen LogP contribution is 2.35. The largest absolute Gasteiger partial charge is 0.376 e. The van der Waals surface area contributed by atoms with E-state index in [0.717, 1.165) is 11.1 Å². The molecule has 2 aliphatic rings. The fourth-order valence-electron chi connectivity index (χ4n) is 3.59. The first kappa shape index (κ1) is 15.1. The zero-order valence-corrected chi connectivity index (χ0v) is 13.6. The maximum atomic E-state index is 12.8. The molecule has 0 aromatic heterocycles. The Morgan fingerprint density at radius 2 is 1.79 bits per heavy atom. The molecule has 2 aromatic carbocycles. The molecule has 1 spiro atoms. The van der Waals surface area contributed by atoms with E-state index in [2.05, 4.69) is 19.1 Å². The number of carbonyl (C=O) groups excluding carboxylic acids is 2. The van der Waals surface area contributed by atoms with Gasteiger partial charge in [-0.1, -0.05) is 36.4 Å². The summed E-state index contributed by atoms with van der Waals surface area (Å²) < 4.78 is 5.27. The number of aryl methyl sites for hydroxylation is 1. The van der Waals surface area contributed by atoms with Crippen molar-refractivity contribution >= 4 is 11.7 Å². The van der Waals surface area contributed by atoms with Crippen molar-refractivity contribution in [1.29, 1.82) is 0 Å². The van der Waals surface area contributed by atoms with Crippen LogP contribution in [-0.2, 0) is 9.53 Å². The summed E-state index contributed by atoms with van der Waals surface area (Å²) in [5, 5.41) is 0. The summed E-state index contributed by atoms with van der Waals surface area (Å²) >= 11 is 0. The molecule has 122 valence electrons. The van der Waals surface area contributed by atoms with Gasteiger partial charge in [-0.15, -0.1) is 0 Å². The smallest absolute Gasteiger partial charge is 0.254 e. The fraction of sp³-hybridized carbons (Fsp3) is 0.300. The van der Waals surface area contributed by atoms with Crippen LogP contribution in [0, 0.1) is 6.92 Å². The van der Waals surface area contributed by atoms with Gasteiger partial charge in [-0.3, -0.25) is 9.59 Å². The number of ether oxygens (including phenoxy) is 1. The highest BCUT2D eigenvalue weighted by Gasteiger charge is 2.52. The number of likely N-dealkylation sites (tertiary alicyclic amines) is 1. The van der Waals surface area contributed by atoms with E-state index in [9.17, 15) is 9.59 Å². The van der Waals surface area contributed by atoms with Gasteiger partial charge in [0.05, 0.1) is 25.3 Å². The predicted octanol–water partition coefficient (Wildman–Crippen LogP) is 2.85. The van der Waals surface area contributed by atoms with Crippen LogP contribution >= 0.6 is 0 Å². The lowest BCUT2D eigenvalue weighted by Crippen LogP contribution is -2.60. The minimum Gasteiger partial charge on any atom is -0.376 e.